The monoisotopic (exact) mass is 520 g/mol. The maximum Gasteiger partial charge on any atom is 0.178 e. The zero-order chi connectivity index (χ0) is 28.1. The van der Waals surface area contributed by atoms with Crippen LogP contribution in [0.4, 0.5) is 0 Å². The molecule has 0 saturated heterocycles. The first-order valence-electron chi connectivity index (χ1n) is 13.3. The number of carbonyl (C=O) groups is 1. The quantitative estimate of drug-likeness (QED) is 0.255. The van der Waals surface area contributed by atoms with Crippen molar-refractivity contribution in [2.24, 2.45) is 0 Å². The summed E-state index contributed by atoms with van der Waals surface area (Å²) in [5.41, 5.74) is 2.17. The zero-order valence-corrected chi connectivity index (χ0v) is 24.4. The summed E-state index contributed by atoms with van der Waals surface area (Å²) in [7, 11) is -3.12. The van der Waals surface area contributed by atoms with Crippen molar-refractivity contribution < 1.29 is 13.2 Å². The molecule has 200 valence electrons. The fourth-order valence-corrected chi connectivity index (χ4v) is 4.45. The SMILES string of the molecule is CC.CC.CC.CCS(=O)(=O)c1cccc2ccccc12.O=C(Cc1ccccc1)Cc1ccccc1. The lowest BCUT2D eigenvalue weighted by Crippen LogP contribution is -2.06. The van der Waals surface area contributed by atoms with Gasteiger partial charge in [0.15, 0.2) is 9.84 Å². The van der Waals surface area contributed by atoms with E-state index in [2.05, 4.69) is 0 Å². The Hall–Kier alpha value is -3.24. The normalized spacial score (nSPS) is 9.59. The van der Waals surface area contributed by atoms with Crippen LogP contribution in [0.25, 0.3) is 10.8 Å². The van der Waals surface area contributed by atoms with Crippen LogP contribution in [-0.2, 0) is 27.5 Å². The summed E-state index contributed by atoms with van der Waals surface area (Å²) in [4.78, 5) is 12.2. The van der Waals surface area contributed by atoms with Crippen molar-refractivity contribution in [1.29, 1.82) is 0 Å². The Kier molecular flexibility index (Phi) is 18.1. The minimum Gasteiger partial charge on any atom is -0.299 e. The number of carbonyl (C=O) groups excluding carboxylic acids is 1. The minimum absolute atomic E-state index is 0.140. The van der Waals surface area contributed by atoms with E-state index in [-0.39, 0.29) is 11.5 Å². The second kappa shape index (κ2) is 19.9. The maximum atomic E-state index is 11.8. The van der Waals surface area contributed by atoms with E-state index in [1.807, 2.05) is 133 Å². The predicted molar refractivity (Wildman–Crippen MR) is 161 cm³/mol. The van der Waals surface area contributed by atoms with Gasteiger partial charge in [0.05, 0.1) is 10.6 Å². The van der Waals surface area contributed by atoms with Crippen molar-refractivity contribution in [2.75, 3.05) is 5.75 Å². The van der Waals surface area contributed by atoms with Gasteiger partial charge in [0.25, 0.3) is 0 Å². The van der Waals surface area contributed by atoms with Gasteiger partial charge in [0.2, 0.25) is 0 Å². The number of hydrogen-bond acceptors (Lipinski definition) is 3. The predicted octanol–water partition coefficient (Wildman–Crippen LogP) is 8.75. The second-order valence-electron chi connectivity index (χ2n) is 7.24. The molecule has 0 aliphatic carbocycles. The molecule has 0 aliphatic rings. The number of Topliss-reactive ketones (excluding diaryl/α,β-unsaturated/α-hetero) is 1. The Morgan fingerprint density at radius 2 is 0.973 bits per heavy atom. The summed E-state index contributed by atoms with van der Waals surface area (Å²) in [5.74, 6) is 0.401. The van der Waals surface area contributed by atoms with Gasteiger partial charge in [-0.1, -0.05) is 146 Å². The molecule has 0 heterocycles. The van der Waals surface area contributed by atoms with Gasteiger partial charge in [0, 0.05) is 18.2 Å². The number of benzene rings is 4. The first-order chi connectivity index (χ1) is 18.0. The van der Waals surface area contributed by atoms with Crippen LogP contribution < -0.4 is 0 Å². The molecule has 4 aromatic carbocycles. The summed E-state index contributed by atoms with van der Waals surface area (Å²) in [6.07, 6.45) is 1.05. The standard InChI is InChI=1S/C15H14O.C12H12O2S.3C2H6/c16-15(11-13-7-3-1-4-8-13)12-14-9-5-2-6-10-14;1-2-15(13,14)12-9-5-7-10-6-3-4-8-11(10)12;3*1-2/h1-10H,11-12H2;3-9H,2H2,1H3;3*1-2H3. The van der Waals surface area contributed by atoms with Crippen molar-refractivity contribution in [1.82, 2.24) is 0 Å². The third-order valence-corrected chi connectivity index (χ3v) is 6.74. The molecule has 37 heavy (non-hydrogen) atoms. The van der Waals surface area contributed by atoms with Gasteiger partial charge in [-0.3, -0.25) is 4.79 Å². The van der Waals surface area contributed by atoms with Crippen LogP contribution in [0, 0.1) is 0 Å². The molecule has 0 atom stereocenters. The molecule has 0 spiro atoms. The average Bonchev–Trinajstić information content (AvgIpc) is 2.97. The van der Waals surface area contributed by atoms with E-state index in [1.54, 1.807) is 19.1 Å². The molecule has 0 aromatic heterocycles. The summed E-state index contributed by atoms with van der Waals surface area (Å²) in [5, 5.41) is 1.77. The van der Waals surface area contributed by atoms with Crippen LogP contribution in [0.1, 0.15) is 59.6 Å². The molecule has 4 heteroatoms. The van der Waals surface area contributed by atoms with E-state index in [1.165, 1.54) is 0 Å². The molecular weight excluding hydrogens is 476 g/mol. The lowest BCUT2D eigenvalue weighted by molar-refractivity contribution is -0.117. The van der Waals surface area contributed by atoms with Gasteiger partial charge in [-0.05, 0) is 22.6 Å². The Morgan fingerprint density at radius 1 is 0.568 bits per heavy atom. The molecule has 0 unspecified atom stereocenters. The van der Waals surface area contributed by atoms with Crippen molar-refractivity contribution in [2.45, 2.75) is 66.2 Å². The minimum atomic E-state index is -3.12. The Labute approximate surface area is 225 Å². The fourth-order valence-electron chi connectivity index (χ4n) is 3.33. The first-order valence-corrected chi connectivity index (χ1v) is 14.9. The highest BCUT2D eigenvalue weighted by atomic mass is 32.2. The van der Waals surface area contributed by atoms with Gasteiger partial charge in [-0.2, -0.15) is 0 Å². The highest BCUT2D eigenvalue weighted by molar-refractivity contribution is 7.91. The summed E-state index contributed by atoms with van der Waals surface area (Å²) < 4.78 is 23.6. The molecule has 4 rings (SSSR count). The van der Waals surface area contributed by atoms with Crippen molar-refractivity contribution in [3.05, 3.63) is 114 Å². The Balaban J connectivity index is 0.000000584. The number of sulfone groups is 1. The molecule has 0 N–H and O–H groups in total. The van der Waals surface area contributed by atoms with E-state index < -0.39 is 9.84 Å². The van der Waals surface area contributed by atoms with Crippen molar-refractivity contribution >= 4 is 26.4 Å². The van der Waals surface area contributed by atoms with Gasteiger partial charge >= 0.3 is 0 Å². The Bertz CT molecular complexity index is 1180. The van der Waals surface area contributed by atoms with Crippen LogP contribution in [0.5, 0.6) is 0 Å². The number of fused-ring (bicyclic) bond motifs is 1. The molecule has 0 radical (unpaired) electrons. The number of ketones is 1. The Morgan fingerprint density at radius 3 is 1.43 bits per heavy atom. The average molecular weight is 521 g/mol. The van der Waals surface area contributed by atoms with Gasteiger partial charge < -0.3 is 0 Å². The van der Waals surface area contributed by atoms with Crippen LogP contribution >= 0.6 is 0 Å². The van der Waals surface area contributed by atoms with Crippen LogP contribution in [-0.4, -0.2) is 20.0 Å². The second-order valence-corrected chi connectivity index (χ2v) is 9.49. The zero-order valence-electron chi connectivity index (χ0n) is 23.6. The highest BCUT2D eigenvalue weighted by Gasteiger charge is 2.14. The van der Waals surface area contributed by atoms with Crippen LogP contribution in [0.3, 0.4) is 0 Å². The van der Waals surface area contributed by atoms with E-state index in [0.29, 0.717) is 17.7 Å². The molecule has 0 aliphatic heterocycles. The van der Waals surface area contributed by atoms with Crippen LogP contribution in [0.15, 0.2) is 108 Å². The van der Waals surface area contributed by atoms with E-state index in [9.17, 15) is 13.2 Å². The summed E-state index contributed by atoms with van der Waals surface area (Å²) in [6, 6.07) is 32.6. The van der Waals surface area contributed by atoms with E-state index in [4.69, 9.17) is 0 Å². The van der Waals surface area contributed by atoms with Crippen molar-refractivity contribution in [3.63, 3.8) is 0 Å². The lowest BCUT2D eigenvalue weighted by atomic mass is 10.0. The number of rotatable bonds is 6. The highest BCUT2D eigenvalue weighted by Crippen LogP contribution is 2.23. The number of hydrogen-bond donors (Lipinski definition) is 0. The van der Waals surface area contributed by atoms with Gasteiger partial charge in [-0.25, -0.2) is 8.42 Å². The van der Waals surface area contributed by atoms with E-state index >= 15 is 0 Å². The molecular formula is C33H44O3S. The third-order valence-electron chi connectivity index (χ3n) is 4.95. The lowest BCUT2D eigenvalue weighted by Gasteiger charge is -2.05. The fraction of sp³-hybridized carbons (Fsp3) is 0.303. The van der Waals surface area contributed by atoms with Gasteiger partial charge in [-0.15, -0.1) is 0 Å². The third kappa shape index (κ3) is 12.0. The molecule has 0 saturated carbocycles. The molecule has 4 aromatic rings. The van der Waals surface area contributed by atoms with Crippen molar-refractivity contribution in [3.8, 4) is 0 Å². The maximum absolute atomic E-state index is 11.8. The van der Waals surface area contributed by atoms with Crippen LogP contribution in [0.2, 0.25) is 0 Å². The smallest absolute Gasteiger partial charge is 0.178 e. The summed E-state index contributed by atoms with van der Waals surface area (Å²) >= 11 is 0. The molecule has 0 bridgehead atoms. The molecule has 0 fully saturated rings. The molecule has 0 amide bonds. The topological polar surface area (TPSA) is 51.2 Å². The summed E-state index contributed by atoms with van der Waals surface area (Å²) in [6.45, 7) is 13.7. The largest absolute Gasteiger partial charge is 0.299 e. The van der Waals surface area contributed by atoms with Gasteiger partial charge in [0.1, 0.15) is 5.78 Å². The first kappa shape index (κ1) is 33.8. The molecule has 3 nitrogen and oxygen atoms in total. The van der Waals surface area contributed by atoms with E-state index in [0.717, 1.165) is 21.9 Å².